The van der Waals surface area contributed by atoms with Crippen LogP contribution in [0.15, 0.2) is 11.1 Å². The molecule has 0 fully saturated rings. The standard InChI is InChI=1S/C12H28Si2/c1-11(9-13(3,4)5)12(2)10-14(6,7)8/h9-10H2,1-8H3. The summed E-state index contributed by atoms with van der Waals surface area (Å²) in [6.45, 7) is 19.4. The van der Waals surface area contributed by atoms with E-state index in [4.69, 9.17) is 0 Å². The van der Waals surface area contributed by atoms with E-state index in [1.807, 2.05) is 0 Å². The van der Waals surface area contributed by atoms with Gasteiger partial charge < -0.3 is 0 Å². The Labute approximate surface area is 92.8 Å². The maximum Gasteiger partial charge on any atom is 0.0483 e. The number of hydrogen-bond donors (Lipinski definition) is 0. The minimum atomic E-state index is -0.901. The zero-order valence-corrected chi connectivity index (χ0v) is 13.4. The van der Waals surface area contributed by atoms with Gasteiger partial charge in [0.2, 0.25) is 0 Å². The summed E-state index contributed by atoms with van der Waals surface area (Å²) < 4.78 is 0. The van der Waals surface area contributed by atoms with E-state index < -0.39 is 16.1 Å². The van der Waals surface area contributed by atoms with Crippen LogP contribution in [-0.2, 0) is 0 Å². The van der Waals surface area contributed by atoms with Gasteiger partial charge in [-0.05, 0) is 25.9 Å². The topological polar surface area (TPSA) is 0 Å². The lowest BCUT2D eigenvalue weighted by Gasteiger charge is -2.22. The van der Waals surface area contributed by atoms with E-state index in [0.29, 0.717) is 0 Å². The molecule has 0 amide bonds. The third-order valence-electron chi connectivity index (χ3n) is 2.32. The molecule has 0 aliphatic rings. The first kappa shape index (κ1) is 14.2. The van der Waals surface area contributed by atoms with Gasteiger partial charge in [-0.2, -0.15) is 0 Å². The quantitative estimate of drug-likeness (QED) is 0.469. The highest BCUT2D eigenvalue weighted by atomic mass is 28.3. The minimum absolute atomic E-state index is 0.901. The van der Waals surface area contributed by atoms with E-state index in [2.05, 4.69) is 53.1 Å². The summed E-state index contributed by atoms with van der Waals surface area (Å²) in [7, 11) is -1.80. The molecule has 0 radical (unpaired) electrons. The molecule has 0 aliphatic carbocycles. The molecule has 2 heteroatoms. The molecule has 0 spiro atoms. The normalized spacial score (nSPS) is 15.4. The van der Waals surface area contributed by atoms with E-state index in [1.165, 1.54) is 12.1 Å². The van der Waals surface area contributed by atoms with Gasteiger partial charge in [0.05, 0.1) is 0 Å². The maximum absolute atomic E-state index is 2.46. The average Bonchev–Trinajstić information content (AvgIpc) is 1.78. The fourth-order valence-corrected chi connectivity index (χ4v) is 5.68. The van der Waals surface area contributed by atoms with Crippen molar-refractivity contribution in [2.75, 3.05) is 0 Å². The van der Waals surface area contributed by atoms with E-state index in [0.717, 1.165) is 0 Å². The Morgan fingerprint density at radius 3 is 1.00 bits per heavy atom. The lowest BCUT2D eigenvalue weighted by atomic mass is 10.2. The third kappa shape index (κ3) is 7.57. The molecular weight excluding hydrogens is 200 g/mol. The van der Waals surface area contributed by atoms with Crippen LogP contribution in [0.25, 0.3) is 0 Å². The van der Waals surface area contributed by atoms with Crippen molar-refractivity contribution in [3.63, 3.8) is 0 Å². The summed E-state index contributed by atoms with van der Waals surface area (Å²) in [6, 6.07) is 2.76. The van der Waals surface area contributed by atoms with Gasteiger partial charge in [-0.1, -0.05) is 50.4 Å². The van der Waals surface area contributed by atoms with Gasteiger partial charge in [-0.15, -0.1) is 0 Å². The summed E-state index contributed by atoms with van der Waals surface area (Å²) in [6.07, 6.45) is 0. The highest BCUT2D eigenvalue weighted by Crippen LogP contribution is 2.24. The number of hydrogen-bond acceptors (Lipinski definition) is 0. The largest absolute Gasteiger partial charge is 0.0773 e. The Balaban J connectivity index is 4.45. The van der Waals surface area contributed by atoms with Gasteiger partial charge in [-0.3, -0.25) is 0 Å². The van der Waals surface area contributed by atoms with Crippen molar-refractivity contribution in [1.29, 1.82) is 0 Å². The Morgan fingerprint density at radius 1 is 0.643 bits per heavy atom. The Bertz CT molecular complexity index is 189. The lowest BCUT2D eigenvalue weighted by Crippen LogP contribution is -2.22. The molecule has 0 aromatic rings. The predicted octanol–water partition coefficient (Wildman–Crippen LogP) is 5.00. The van der Waals surface area contributed by atoms with Crippen LogP contribution in [0.3, 0.4) is 0 Å². The summed E-state index contributed by atoms with van der Waals surface area (Å²) >= 11 is 0. The molecule has 0 aromatic carbocycles. The molecule has 0 atom stereocenters. The second kappa shape index (κ2) is 4.80. The Kier molecular flexibility index (Phi) is 4.86. The van der Waals surface area contributed by atoms with E-state index in [-0.39, 0.29) is 0 Å². The van der Waals surface area contributed by atoms with Gasteiger partial charge in [0.25, 0.3) is 0 Å². The van der Waals surface area contributed by atoms with Gasteiger partial charge in [0, 0.05) is 16.1 Å². The lowest BCUT2D eigenvalue weighted by molar-refractivity contribution is 1.17. The van der Waals surface area contributed by atoms with Gasteiger partial charge in [0.1, 0.15) is 0 Å². The maximum atomic E-state index is 2.46. The van der Waals surface area contributed by atoms with Crippen molar-refractivity contribution in [3.8, 4) is 0 Å². The van der Waals surface area contributed by atoms with Crippen molar-refractivity contribution in [3.05, 3.63) is 11.1 Å². The minimum Gasteiger partial charge on any atom is -0.0773 e. The van der Waals surface area contributed by atoms with Crippen molar-refractivity contribution in [1.82, 2.24) is 0 Å². The highest BCUT2D eigenvalue weighted by Gasteiger charge is 2.18. The second-order valence-corrected chi connectivity index (χ2v) is 18.0. The van der Waals surface area contributed by atoms with Crippen LogP contribution < -0.4 is 0 Å². The molecule has 0 unspecified atom stereocenters. The summed E-state index contributed by atoms with van der Waals surface area (Å²) in [5.41, 5.74) is 3.35. The SMILES string of the molecule is CC(C[Si](C)(C)C)=C(C)C[Si](C)(C)C. The van der Waals surface area contributed by atoms with Crippen LogP contribution in [0.1, 0.15) is 13.8 Å². The molecule has 0 N–H and O–H groups in total. The summed E-state index contributed by atoms with van der Waals surface area (Å²) in [4.78, 5) is 0. The van der Waals surface area contributed by atoms with E-state index in [9.17, 15) is 0 Å². The van der Waals surface area contributed by atoms with Crippen LogP contribution in [0.2, 0.25) is 51.4 Å². The molecule has 0 saturated heterocycles. The predicted molar refractivity (Wildman–Crippen MR) is 74.7 cm³/mol. The van der Waals surface area contributed by atoms with Crippen molar-refractivity contribution in [2.24, 2.45) is 0 Å². The molecule has 0 heterocycles. The second-order valence-electron chi connectivity index (χ2n) is 7.04. The molecule has 0 nitrogen and oxygen atoms in total. The Morgan fingerprint density at radius 2 is 0.857 bits per heavy atom. The molecule has 0 saturated carbocycles. The highest BCUT2D eigenvalue weighted by molar-refractivity contribution is 6.77. The fourth-order valence-electron chi connectivity index (χ4n) is 1.89. The van der Waals surface area contributed by atoms with Crippen LogP contribution >= 0.6 is 0 Å². The van der Waals surface area contributed by atoms with Gasteiger partial charge in [-0.25, -0.2) is 0 Å². The van der Waals surface area contributed by atoms with Gasteiger partial charge in [0.15, 0.2) is 0 Å². The molecule has 84 valence electrons. The first-order chi connectivity index (χ1) is 6.01. The zero-order chi connectivity index (χ0) is 11.6. The fraction of sp³-hybridized carbons (Fsp3) is 0.833. The third-order valence-corrected chi connectivity index (χ3v) is 5.50. The molecule has 0 rings (SSSR count). The van der Waals surface area contributed by atoms with Crippen LogP contribution in [-0.4, -0.2) is 16.1 Å². The molecule has 0 bridgehead atoms. The monoisotopic (exact) mass is 228 g/mol. The summed E-state index contributed by atoms with van der Waals surface area (Å²) in [5, 5.41) is 0. The molecule has 0 aliphatic heterocycles. The van der Waals surface area contributed by atoms with E-state index >= 15 is 0 Å². The van der Waals surface area contributed by atoms with Crippen molar-refractivity contribution >= 4 is 16.1 Å². The number of rotatable bonds is 4. The average molecular weight is 229 g/mol. The van der Waals surface area contributed by atoms with E-state index in [1.54, 1.807) is 11.1 Å². The molecule has 14 heavy (non-hydrogen) atoms. The zero-order valence-electron chi connectivity index (χ0n) is 11.4. The first-order valence-corrected chi connectivity index (χ1v) is 13.1. The Hall–Kier alpha value is 0.174. The molecular formula is C12H28Si2. The van der Waals surface area contributed by atoms with Crippen molar-refractivity contribution < 1.29 is 0 Å². The van der Waals surface area contributed by atoms with Crippen LogP contribution in [0.5, 0.6) is 0 Å². The molecule has 0 aromatic heterocycles. The smallest absolute Gasteiger partial charge is 0.0483 e. The number of allylic oxidation sites excluding steroid dienone is 2. The van der Waals surface area contributed by atoms with Crippen molar-refractivity contribution in [2.45, 2.75) is 65.2 Å². The van der Waals surface area contributed by atoms with Gasteiger partial charge >= 0.3 is 0 Å². The van der Waals surface area contributed by atoms with Crippen LogP contribution in [0, 0.1) is 0 Å². The summed E-state index contributed by atoms with van der Waals surface area (Å²) in [5.74, 6) is 0. The first-order valence-electron chi connectivity index (χ1n) is 5.66. The van der Waals surface area contributed by atoms with Crippen LogP contribution in [0.4, 0.5) is 0 Å².